The summed E-state index contributed by atoms with van der Waals surface area (Å²) < 4.78 is 6.82. The Kier molecular flexibility index (Phi) is 7.18. The van der Waals surface area contributed by atoms with E-state index in [1.54, 1.807) is 0 Å². The Bertz CT molecular complexity index is 2880. The Balaban J connectivity index is 1.22. The van der Waals surface area contributed by atoms with Crippen LogP contribution in [0.25, 0.3) is 76.9 Å². The molecule has 0 aliphatic heterocycles. The first-order chi connectivity index (χ1) is 25.8. The summed E-state index contributed by atoms with van der Waals surface area (Å²) in [4.78, 5) is 2.36. The third-order valence-corrected chi connectivity index (χ3v) is 10.3. The molecule has 0 atom stereocenters. The van der Waals surface area contributed by atoms with Crippen molar-refractivity contribution in [3.05, 3.63) is 200 Å². The summed E-state index contributed by atoms with van der Waals surface area (Å²) in [5.74, 6) is 0. The molecule has 0 aliphatic rings. The zero-order valence-electron chi connectivity index (χ0n) is 28.4. The summed E-state index contributed by atoms with van der Waals surface area (Å²) in [6, 6.07) is 71.5. The molecule has 0 saturated heterocycles. The average Bonchev–Trinajstić information content (AvgIpc) is 3.61. The molecule has 2 heteroatoms. The van der Waals surface area contributed by atoms with Gasteiger partial charge in [-0.15, -0.1) is 0 Å². The van der Waals surface area contributed by atoms with Crippen LogP contribution in [0.15, 0.2) is 205 Å². The van der Waals surface area contributed by atoms with Crippen LogP contribution >= 0.6 is 0 Å². The first-order valence-corrected chi connectivity index (χ1v) is 17.8. The van der Waals surface area contributed by atoms with E-state index in [9.17, 15) is 0 Å². The maximum atomic E-state index is 6.82. The lowest BCUT2D eigenvalue weighted by Crippen LogP contribution is -2.11. The number of benzene rings is 9. The van der Waals surface area contributed by atoms with Gasteiger partial charge in [-0.05, 0) is 86.4 Å². The van der Waals surface area contributed by atoms with Crippen molar-refractivity contribution in [3.63, 3.8) is 0 Å². The number of furan rings is 1. The zero-order valence-corrected chi connectivity index (χ0v) is 28.4. The Morgan fingerprint density at radius 1 is 0.346 bits per heavy atom. The molecule has 244 valence electrons. The Labute approximate surface area is 302 Å². The Morgan fingerprint density at radius 2 is 0.923 bits per heavy atom. The van der Waals surface area contributed by atoms with Gasteiger partial charge in [0.25, 0.3) is 0 Å². The Morgan fingerprint density at radius 3 is 1.75 bits per heavy atom. The van der Waals surface area contributed by atoms with E-state index in [-0.39, 0.29) is 0 Å². The minimum absolute atomic E-state index is 0.876. The molecule has 1 heterocycles. The summed E-state index contributed by atoms with van der Waals surface area (Å²) in [5, 5.41) is 6.99. The van der Waals surface area contributed by atoms with E-state index in [1.807, 2.05) is 0 Å². The van der Waals surface area contributed by atoms with Crippen LogP contribution in [0, 0.1) is 0 Å². The number of anilines is 3. The predicted octanol–water partition coefficient (Wildman–Crippen LogP) is 14.4. The molecule has 52 heavy (non-hydrogen) atoms. The SMILES string of the molecule is c1ccc(-c2ccc(N(c3ccccc3)c3ccccc3-c3cccc4oc5c6ccccc6c(-c6cccc7ccccc67)cc5c34)cc2)cc1. The number of hydrogen-bond acceptors (Lipinski definition) is 2. The summed E-state index contributed by atoms with van der Waals surface area (Å²) in [6.45, 7) is 0. The molecule has 0 fully saturated rings. The average molecular weight is 664 g/mol. The molecular formula is C50H33NO. The molecular weight excluding hydrogens is 631 g/mol. The molecule has 1 aromatic heterocycles. The second kappa shape index (κ2) is 12.5. The molecule has 10 aromatic rings. The summed E-state index contributed by atoms with van der Waals surface area (Å²) in [5.41, 5.74) is 12.1. The van der Waals surface area contributed by atoms with Gasteiger partial charge in [-0.3, -0.25) is 0 Å². The first-order valence-electron chi connectivity index (χ1n) is 17.8. The van der Waals surface area contributed by atoms with Gasteiger partial charge in [-0.25, -0.2) is 0 Å². The minimum atomic E-state index is 0.876. The van der Waals surface area contributed by atoms with Crippen LogP contribution in [-0.2, 0) is 0 Å². The maximum absolute atomic E-state index is 6.82. The smallest absolute Gasteiger partial charge is 0.143 e. The molecule has 0 radical (unpaired) electrons. The van der Waals surface area contributed by atoms with Crippen molar-refractivity contribution in [2.45, 2.75) is 0 Å². The van der Waals surface area contributed by atoms with Crippen molar-refractivity contribution < 1.29 is 4.42 Å². The Hall–Kier alpha value is -6.90. The second-order valence-electron chi connectivity index (χ2n) is 13.3. The molecule has 9 aromatic carbocycles. The number of para-hydroxylation sites is 2. The predicted molar refractivity (Wildman–Crippen MR) is 220 cm³/mol. The number of rotatable bonds is 6. The highest BCUT2D eigenvalue weighted by Gasteiger charge is 2.22. The van der Waals surface area contributed by atoms with Crippen LogP contribution in [0.4, 0.5) is 17.1 Å². The van der Waals surface area contributed by atoms with Gasteiger partial charge < -0.3 is 9.32 Å². The van der Waals surface area contributed by atoms with Gasteiger partial charge in [0, 0.05) is 33.1 Å². The fourth-order valence-corrected chi connectivity index (χ4v) is 7.89. The fraction of sp³-hybridized carbons (Fsp3) is 0. The molecule has 0 spiro atoms. The van der Waals surface area contributed by atoms with Gasteiger partial charge >= 0.3 is 0 Å². The molecule has 2 nitrogen and oxygen atoms in total. The van der Waals surface area contributed by atoms with Gasteiger partial charge in [-0.1, -0.05) is 158 Å². The van der Waals surface area contributed by atoms with Gasteiger partial charge in [-0.2, -0.15) is 0 Å². The van der Waals surface area contributed by atoms with Crippen molar-refractivity contribution >= 4 is 60.5 Å². The number of hydrogen-bond donors (Lipinski definition) is 0. The number of fused-ring (bicyclic) bond motifs is 6. The summed E-state index contributed by atoms with van der Waals surface area (Å²) in [7, 11) is 0. The van der Waals surface area contributed by atoms with E-state index in [2.05, 4.69) is 205 Å². The minimum Gasteiger partial charge on any atom is -0.455 e. The van der Waals surface area contributed by atoms with Crippen LogP contribution in [0.2, 0.25) is 0 Å². The third-order valence-electron chi connectivity index (χ3n) is 10.3. The van der Waals surface area contributed by atoms with Crippen molar-refractivity contribution in [2.24, 2.45) is 0 Å². The van der Waals surface area contributed by atoms with Crippen molar-refractivity contribution in [2.75, 3.05) is 4.90 Å². The lowest BCUT2D eigenvalue weighted by Gasteiger charge is -2.28. The van der Waals surface area contributed by atoms with Gasteiger partial charge in [0.05, 0.1) is 5.69 Å². The van der Waals surface area contributed by atoms with Crippen molar-refractivity contribution in [1.29, 1.82) is 0 Å². The van der Waals surface area contributed by atoms with Crippen LogP contribution < -0.4 is 4.90 Å². The number of nitrogens with zero attached hydrogens (tertiary/aromatic N) is 1. The van der Waals surface area contributed by atoms with E-state index in [1.165, 1.54) is 38.4 Å². The standard InChI is InChI=1S/C50H33NO/c1-3-15-34(16-4-1)35-29-31-38(32-30-35)51(37-19-5-2-6-20-37)47-27-12-11-23-42(47)43-26-14-28-48-49(43)46-33-45(41-22-9-10-24-44(41)50(46)52-48)40-25-13-18-36-17-7-8-21-39(36)40/h1-33H. The van der Waals surface area contributed by atoms with E-state index >= 15 is 0 Å². The molecule has 0 bridgehead atoms. The maximum Gasteiger partial charge on any atom is 0.143 e. The fourth-order valence-electron chi connectivity index (χ4n) is 7.89. The van der Waals surface area contributed by atoms with E-state index in [4.69, 9.17) is 4.42 Å². The van der Waals surface area contributed by atoms with Crippen molar-refractivity contribution in [3.8, 4) is 33.4 Å². The molecule has 0 N–H and O–H groups in total. The van der Waals surface area contributed by atoms with E-state index in [0.717, 1.165) is 55.5 Å². The monoisotopic (exact) mass is 663 g/mol. The highest BCUT2D eigenvalue weighted by atomic mass is 16.3. The largest absolute Gasteiger partial charge is 0.455 e. The van der Waals surface area contributed by atoms with Crippen molar-refractivity contribution in [1.82, 2.24) is 0 Å². The summed E-state index contributed by atoms with van der Waals surface area (Å²) in [6.07, 6.45) is 0. The molecule has 10 rings (SSSR count). The van der Waals surface area contributed by atoms with Crippen LogP contribution in [-0.4, -0.2) is 0 Å². The lowest BCUT2D eigenvalue weighted by molar-refractivity contribution is 0.673. The van der Waals surface area contributed by atoms with Gasteiger partial charge in [0.15, 0.2) is 0 Å². The zero-order chi connectivity index (χ0) is 34.4. The van der Waals surface area contributed by atoms with Gasteiger partial charge in [0.1, 0.15) is 11.2 Å². The molecule has 0 unspecified atom stereocenters. The molecule has 0 aliphatic carbocycles. The normalized spacial score (nSPS) is 11.5. The molecule has 0 saturated carbocycles. The lowest BCUT2D eigenvalue weighted by atomic mass is 9.91. The third kappa shape index (κ3) is 4.96. The summed E-state index contributed by atoms with van der Waals surface area (Å²) >= 11 is 0. The molecule has 0 amide bonds. The second-order valence-corrected chi connectivity index (χ2v) is 13.3. The quantitative estimate of drug-likeness (QED) is 0.176. The van der Waals surface area contributed by atoms with Gasteiger partial charge in [0.2, 0.25) is 0 Å². The van der Waals surface area contributed by atoms with Crippen LogP contribution in [0.3, 0.4) is 0 Å². The van der Waals surface area contributed by atoms with E-state index < -0.39 is 0 Å². The topological polar surface area (TPSA) is 16.4 Å². The van der Waals surface area contributed by atoms with Crippen LogP contribution in [0.5, 0.6) is 0 Å². The first kappa shape index (κ1) is 30.0. The highest BCUT2D eigenvalue weighted by molar-refractivity contribution is 6.23. The van der Waals surface area contributed by atoms with Crippen LogP contribution in [0.1, 0.15) is 0 Å². The highest BCUT2D eigenvalue weighted by Crippen LogP contribution is 2.47. The van der Waals surface area contributed by atoms with E-state index in [0.29, 0.717) is 0 Å².